The molecule has 1 aromatic carbocycles. The van der Waals surface area contributed by atoms with Crippen LogP contribution >= 0.6 is 22.9 Å². The summed E-state index contributed by atoms with van der Waals surface area (Å²) >= 11 is 7.51. The minimum Gasteiger partial charge on any atom is -0.335 e. The van der Waals surface area contributed by atoms with Crippen molar-refractivity contribution in [2.75, 3.05) is 32.7 Å². The number of nitrogens with zero attached hydrogens (tertiary/aromatic N) is 4. The second-order valence-corrected chi connectivity index (χ2v) is 8.00. The predicted molar refractivity (Wildman–Crippen MR) is 107 cm³/mol. The lowest BCUT2D eigenvalue weighted by Crippen LogP contribution is -2.48. The number of thiophene rings is 1. The molecule has 0 atom stereocenters. The average molecular weight is 389 g/mol. The first-order valence-electron chi connectivity index (χ1n) is 8.83. The molecule has 7 heteroatoms. The van der Waals surface area contributed by atoms with E-state index < -0.39 is 0 Å². The van der Waals surface area contributed by atoms with Crippen LogP contribution in [0.5, 0.6) is 0 Å². The zero-order valence-electron chi connectivity index (χ0n) is 14.9. The number of hydrogen-bond donors (Lipinski definition) is 0. The average Bonchev–Trinajstić information content (AvgIpc) is 3.23. The number of aryl methyl sites for hydroxylation is 1. The number of benzene rings is 1. The van der Waals surface area contributed by atoms with Gasteiger partial charge in [-0.3, -0.25) is 4.79 Å². The molecule has 0 bridgehead atoms. The Morgan fingerprint density at radius 1 is 1.19 bits per heavy atom. The van der Waals surface area contributed by atoms with Gasteiger partial charge in [0.1, 0.15) is 4.83 Å². The Morgan fingerprint density at radius 3 is 2.54 bits per heavy atom. The van der Waals surface area contributed by atoms with E-state index in [4.69, 9.17) is 11.6 Å². The van der Waals surface area contributed by atoms with Crippen molar-refractivity contribution in [3.63, 3.8) is 0 Å². The van der Waals surface area contributed by atoms with Gasteiger partial charge in [0, 0.05) is 36.6 Å². The summed E-state index contributed by atoms with van der Waals surface area (Å²) in [7, 11) is 0. The number of aromatic nitrogens is 2. The number of halogens is 1. The zero-order valence-corrected chi connectivity index (χ0v) is 16.5. The van der Waals surface area contributed by atoms with Crippen molar-refractivity contribution in [1.82, 2.24) is 19.6 Å². The third kappa shape index (κ3) is 3.13. The van der Waals surface area contributed by atoms with E-state index in [0.29, 0.717) is 5.02 Å². The number of likely N-dealkylation sites (N-methyl/N-ethyl adjacent to an activating group) is 1. The maximum atomic E-state index is 12.9. The van der Waals surface area contributed by atoms with Crippen LogP contribution in [-0.4, -0.2) is 58.2 Å². The Hall–Kier alpha value is -1.89. The molecule has 0 spiro atoms. The molecule has 0 unspecified atom stereocenters. The summed E-state index contributed by atoms with van der Waals surface area (Å²) in [6, 6.07) is 9.58. The Balaban J connectivity index is 1.65. The van der Waals surface area contributed by atoms with Crippen LogP contribution in [0.1, 0.15) is 22.3 Å². The largest absolute Gasteiger partial charge is 0.335 e. The number of hydrogen-bond acceptors (Lipinski definition) is 4. The van der Waals surface area contributed by atoms with Crippen molar-refractivity contribution in [2.24, 2.45) is 0 Å². The van der Waals surface area contributed by atoms with Crippen molar-refractivity contribution in [3.05, 3.63) is 45.9 Å². The monoisotopic (exact) mass is 388 g/mol. The summed E-state index contributed by atoms with van der Waals surface area (Å²) in [4.78, 5) is 19.1. The first-order valence-corrected chi connectivity index (χ1v) is 10.0. The Morgan fingerprint density at radius 2 is 1.88 bits per heavy atom. The Bertz CT molecular complexity index is 939. The minimum atomic E-state index is 0.129. The van der Waals surface area contributed by atoms with Crippen LogP contribution in [0.25, 0.3) is 15.9 Å². The topological polar surface area (TPSA) is 41.4 Å². The van der Waals surface area contributed by atoms with Gasteiger partial charge in [-0.1, -0.05) is 18.5 Å². The molecule has 1 fully saturated rings. The van der Waals surface area contributed by atoms with E-state index in [0.717, 1.165) is 59.2 Å². The van der Waals surface area contributed by atoms with E-state index in [1.165, 1.54) is 11.3 Å². The molecule has 3 aromatic rings. The summed E-state index contributed by atoms with van der Waals surface area (Å²) in [5.74, 6) is 0.129. The molecule has 1 amide bonds. The lowest BCUT2D eigenvalue weighted by molar-refractivity contribution is 0.0648. The fraction of sp³-hybridized carbons (Fsp3) is 0.368. The molecule has 26 heavy (non-hydrogen) atoms. The van der Waals surface area contributed by atoms with Crippen molar-refractivity contribution in [1.29, 1.82) is 0 Å². The highest BCUT2D eigenvalue weighted by Crippen LogP contribution is 2.31. The highest BCUT2D eigenvalue weighted by molar-refractivity contribution is 7.20. The van der Waals surface area contributed by atoms with E-state index in [1.807, 2.05) is 46.8 Å². The van der Waals surface area contributed by atoms with Crippen molar-refractivity contribution >= 4 is 39.1 Å². The standard InChI is InChI=1S/C19H21ClN4OS/c1-3-22-8-10-23(11-9-22)18(25)17-12-16-13(2)21-24(19(16)26-17)15-6-4-14(20)5-7-15/h4-7,12H,3,8-11H2,1-2H3. The SMILES string of the molecule is CCN1CCN(C(=O)c2cc3c(C)nn(-c4ccc(Cl)cc4)c3s2)CC1. The predicted octanol–water partition coefficient (Wildman–Crippen LogP) is 3.83. The van der Waals surface area contributed by atoms with Gasteiger partial charge in [-0.15, -0.1) is 11.3 Å². The maximum Gasteiger partial charge on any atom is 0.264 e. The first kappa shape index (κ1) is 17.5. The molecule has 0 N–H and O–H groups in total. The van der Waals surface area contributed by atoms with Gasteiger partial charge in [0.05, 0.1) is 16.3 Å². The third-order valence-electron chi connectivity index (χ3n) is 4.93. The van der Waals surface area contributed by atoms with Crippen LogP contribution in [0.4, 0.5) is 0 Å². The van der Waals surface area contributed by atoms with Gasteiger partial charge in [-0.25, -0.2) is 4.68 Å². The second-order valence-electron chi connectivity index (χ2n) is 6.53. The number of carbonyl (C=O) groups excluding carboxylic acids is 1. The fourth-order valence-corrected chi connectivity index (χ4v) is 4.61. The molecule has 0 saturated carbocycles. The third-order valence-corrected chi connectivity index (χ3v) is 6.28. The van der Waals surface area contributed by atoms with E-state index in [2.05, 4.69) is 16.9 Å². The Kier molecular flexibility index (Phi) is 4.73. The van der Waals surface area contributed by atoms with Crippen LogP contribution in [0.2, 0.25) is 5.02 Å². The minimum absolute atomic E-state index is 0.129. The van der Waals surface area contributed by atoms with Gasteiger partial charge in [0.2, 0.25) is 0 Å². The highest BCUT2D eigenvalue weighted by Gasteiger charge is 2.24. The van der Waals surface area contributed by atoms with Gasteiger partial charge in [0.25, 0.3) is 5.91 Å². The number of fused-ring (bicyclic) bond motifs is 1. The molecular formula is C19H21ClN4OS. The molecule has 1 aliphatic rings. The van der Waals surface area contributed by atoms with Crippen molar-refractivity contribution in [2.45, 2.75) is 13.8 Å². The van der Waals surface area contributed by atoms with E-state index in [-0.39, 0.29) is 5.91 Å². The normalized spacial score (nSPS) is 15.7. The molecule has 1 saturated heterocycles. The molecule has 136 valence electrons. The van der Waals surface area contributed by atoms with Gasteiger partial charge in [-0.2, -0.15) is 5.10 Å². The zero-order chi connectivity index (χ0) is 18.3. The summed E-state index contributed by atoms with van der Waals surface area (Å²) in [5.41, 5.74) is 1.88. The van der Waals surface area contributed by atoms with Crippen LogP contribution < -0.4 is 0 Å². The van der Waals surface area contributed by atoms with Crippen LogP contribution in [-0.2, 0) is 0 Å². The lowest BCUT2D eigenvalue weighted by atomic mass is 10.2. The molecular weight excluding hydrogens is 368 g/mol. The van der Waals surface area contributed by atoms with Crippen molar-refractivity contribution in [3.8, 4) is 5.69 Å². The fourth-order valence-electron chi connectivity index (χ4n) is 3.33. The van der Waals surface area contributed by atoms with Gasteiger partial charge in [-0.05, 0) is 43.8 Å². The van der Waals surface area contributed by atoms with Crippen molar-refractivity contribution < 1.29 is 4.79 Å². The van der Waals surface area contributed by atoms with E-state index in [9.17, 15) is 4.79 Å². The number of amides is 1. The summed E-state index contributed by atoms with van der Waals surface area (Å²) < 4.78 is 1.90. The summed E-state index contributed by atoms with van der Waals surface area (Å²) in [6.07, 6.45) is 0. The number of piperazine rings is 1. The number of rotatable bonds is 3. The number of carbonyl (C=O) groups is 1. The Labute approximate surface area is 161 Å². The van der Waals surface area contributed by atoms with Gasteiger partial charge < -0.3 is 9.80 Å². The van der Waals surface area contributed by atoms with Crippen LogP contribution in [0, 0.1) is 6.92 Å². The summed E-state index contributed by atoms with van der Waals surface area (Å²) in [6.45, 7) is 8.67. The summed E-state index contributed by atoms with van der Waals surface area (Å²) in [5, 5.41) is 6.37. The second kappa shape index (κ2) is 7.02. The maximum absolute atomic E-state index is 12.9. The van der Waals surface area contributed by atoms with Crippen LogP contribution in [0.3, 0.4) is 0 Å². The molecule has 4 rings (SSSR count). The molecule has 0 radical (unpaired) electrons. The van der Waals surface area contributed by atoms with E-state index in [1.54, 1.807) is 0 Å². The molecule has 2 aromatic heterocycles. The highest BCUT2D eigenvalue weighted by atomic mass is 35.5. The van der Waals surface area contributed by atoms with Crippen LogP contribution in [0.15, 0.2) is 30.3 Å². The molecule has 5 nitrogen and oxygen atoms in total. The van der Waals surface area contributed by atoms with Gasteiger partial charge in [0.15, 0.2) is 0 Å². The molecule has 3 heterocycles. The lowest BCUT2D eigenvalue weighted by Gasteiger charge is -2.33. The first-order chi connectivity index (χ1) is 12.6. The van der Waals surface area contributed by atoms with Gasteiger partial charge >= 0.3 is 0 Å². The van der Waals surface area contributed by atoms with E-state index >= 15 is 0 Å². The quantitative estimate of drug-likeness (QED) is 0.684. The molecule has 0 aliphatic carbocycles. The smallest absolute Gasteiger partial charge is 0.264 e. The molecule has 1 aliphatic heterocycles.